The Labute approximate surface area is 237 Å². The van der Waals surface area contributed by atoms with Crippen LogP contribution in [0.25, 0.3) is 11.3 Å². The zero-order chi connectivity index (χ0) is 26.9. The van der Waals surface area contributed by atoms with Crippen LogP contribution in [0, 0.1) is 6.92 Å². The lowest BCUT2D eigenvalue weighted by Gasteiger charge is -2.30. The highest BCUT2D eigenvalue weighted by atomic mass is 35.5. The molecule has 1 aliphatic heterocycles. The Morgan fingerprint density at radius 1 is 1.07 bits per heavy atom. The number of nitrogens with one attached hydrogen (secondary N) is 1. The molecule has 0 saturated carbocycles. The molecule has 1 amide bonds. The van der Waals surface area contributed by atoms with E-state index >= 15 is 0 Å². The Morgan fingerprint density at radius 3 is 2.58 bits per heavy atom. The first-order chi connectivity index (χ1) is 19.0. The molecule has 1 atom stereocenters. The number of pyridine rings is 1. The van der Waals surface area contributed by atoms with E-state index in [0.29, 0.717) is 35.0 Å². The lowest BCUT2D eigenvalue weighted by Crippen LogP contribution is -2.34. The van der Waals surface area contributed by atoms with Gasteiger partial charge in [-0.3, -0.25) is 4.79 Å². The van der Waals surface area contributed by atoms with E-state index in [1.54, 1.807) is 46.0 Å². The highest BCUT2D eigenvalue weighted by Crippen LogP contribution is 2.32. The van der Waals surface area contributed by atoms with Gasteiger partial charge in [-0.2, -0.15) is 10.2 Å². The van der Waals surface area contributed by atoms with Gasteiger partial charge in [-0.25, -0.2) is 27.7 Å². The number of amides is 1. The first kappa shape index (κ1) is 27.6. The van der Waals surface area contributed by atoms with Crippen molar-refractivity contribution in [1.29, 1.82) is 0 Å². The zero-order valence-electron chi connectivity index (χ0n) is 21.6. The molecule has 0 aliphatic carbocycles. The number of rotatable bonds is 6. The second-order valence-corrected chi connectivity index (χ2v) is 11.2. The minimum atomic E-state index is -1.38. The Morgan fingerprint density at radius 2 is 1.82 bits per heavy atom. The van der Waals surface area contributed by atoms with Gasteiger partial charge < -0.3 is 10.8 Å². The SMILES string of the molecule is Cc1ccc(-n2nc(C3CCN(S(=O)c4cccnc4Cl)CC3)cc2NC(=O)c2cnn3cccnc23)cc1.O. The number of piperidine rings is 1. The van der Waals surface area contributed by atoms with Gasteiger partial charge in [0.15, 0.2) is 5.65 Å². The molecule has 4 aromatic heterocycles. The molecule has 13 heteroatoms. The Kier molecular flexibility index (Phi) is 8.03. The summed E-state index contributed by atoms with van der Waals surface area (Å²) in [5.74, 6) is 0.382. The maximum atomic E-state index is 13.3. The van der Waals surface area contributed by atoms with Gasteiger partial charge in [0.2, 0.25) is 0 Å². The van der Waals surface area contributed by atoms with Crippen molar-refractivity contribution in [3.63, 3.8) is 0 Å². The molecule has 1 aliphatic rings. The van der Waals surface area contributed by atoms with Crippen LogP contribution in [0.2, 0.25) is 5.15 Å². The summed E-state index contributed by atoms with van der Waals surface area (Å²) in [4.78, 5) is 22.2. The van der Waals surface area contributed by atoms with Crippen molar-refractivity contribution < 1.29 is 14.5 Å². The smallest absolute Gasteiger partial charge is 0.262 e. The number of fused-ring (bicyclic) bond motifs is 1. The molecule has 5 aromatic rings. The molecule has 1 fully saturated rings. The third-order valence-electron chi connectivity index (χ3n) is 6.79. The maximum Gasteiger partial charge on any atom is 0.262 e. The number of hydrogen-bond donors (Lipinski definition) is 1. The van der Waals surface area contributed by atoms with Crippen molar-refractivity contribution in [2.24, 2.45) is 0 Å². The second-order valence-electron chi connectivity index (χ2n) is 9.35. The van der Waals surface area contributed by atoms with Gasteiger partial charge in [0, 0.05) is 43.7 Å². The van der Waals surface area contributed by atoms with Gasteiger partial charge >= 0.3 is 0 Å². The second kappa shape index (κ2) is 11.6. The van der Waals surface area contributed by atoms with E-state index in [2.05, 4.69) is 20.4 Å². The predicted octanol–water partition coefficient (Wildman–Crippen LogP) is 3.60. The van der Waals surface area contributed by atoms with Crippen LogP contribution >= 0.6 is 11.6 Å². The summed E-state index contributed by atoms with van der Waals surface area (Å²) in [6, 6.07) is 15.1. The molecule has 0 spiro atoms. The lowest BCUT2D eigenvalue weighted by molar-refractivity contribution is 0.102. The van der Waals surface area contributed by atoms with Gasteiger partial charge in [0.05, 0.1) is 22.5 Å². The lowest BCUT2D eigenvalue weighted by atomic mass is 9.95. The first-order valence-electron chi connectivity index (χ1n) is 12.5. The molecule has 40 heavy (non-hydrogen) atoms. The molecular weight excluding hydrogens is 552 g/mol. The van der Waals surface area contributed by atoms with E-state index in [1.165, 1.54) is 6.20 Å². The summed E-state index contributed by atoms with van der Waals surface area (Å²) in [5.41, 5.74) is 3.69. The van der Waals surface area contributed by atoms with Gasteiger partial charge in [0.1, 0.15) is 27.5 Å². The summed E-state index contributed by atoms with van der Waals surface area (Å²) < 4.78 is 18.3. The van der Waals surface area contributed by atoms with E-state index in [0.717, 1.165) is 29.8 Å². The number of benzene rings is 1. The van der Waals surface area contributed by atoms with Crippen molar-refractivity contribution >= 4 is 40.0 Å². The van der Waals surface area contributed by atoms with Gasteiger partial charge in [-0.15, -0.1) is 0 Å². The number of carbonyl (C=O) groups excluding carboxylic acids is 1. The Bertz CT molecular complexity index is 1680. The first-order valence-corrected chi connectivity index (χ1v) is 14.0. The zero-order valence-corrected chi connectivity index (χ0v) is 23.1. The van der Waals surface area contributed by atoms with Crippen LogP contribution in [-0.4, -0.2) is 62.3 Å². The monoisotopic (exact) mass is 578 g/mol. The summed E-state index contributed by atoms with van der Waals surface area (Å²) in [5, 5.41) is 12.4. The molecule has 0 radical (unpaired) electrons. The van der Waals surface area contributed by atoms with Gasteiger partial charge in [-0.1, -0.05) is 29.3 Å². The molecule has 6 rings (SSSR count). The van der Waals surface area contributed by atoms with E-state index < -0.39 is 11.0 Å². The molecule has 1 saturated heterocycles. The standard InChI is InChI=1S/C27H25ClN8O2S.H2O/c1-18-5-7-20(8-6-18)36-24(32-27(37)21-17-31-35-13-3-12-30-26(21)35)16-22(33-36)19-9-14-34(15-10-19)39(38)23-4-2-11-29-25(23)28;/h2-8,11-13,16-17,19H,9-10,14-15H2,1H3,(H,32,37);1H2. The average Bonchev–Trinajstić information content (AvgIpc) is 3.58. The van der Waals surface area contributed by atoms with Gasteiger partial charge in [0.25, 0.3) is 5.91 Å². The van der Waals surface area contributed by atoms with Crippen molar-refractivity contribution in [1.82, 2.24) is 33.7 Å². The molecular formula is C27H27ClN8O3S. The van der Waals surface area contributed by atoms with Crippen LogP contribution in [0.1, 0.15) is 40.4 Å². The van der Waals surface area contributed by atoms with E-state index in [9.17, 15) is 9.00 Å². The number of aryl methyl sites for hydroxylation is 1. The third kappa shape index (κ3) is 5.39. The molecule has 5 heterocycles. The largest absolute Gasteiger partial charge is 0.412 e. The summed E-state index contributed by atoms with van der Waals surface area (Å²) >= 11 is 6.17. The van der Waals surface area contributed by atoms with Crippen molar-refractivity contribution in [3.05, 3.63) is 95.3 Å². The highest BCUT2D eigenvalue weighted by Gasteiger charge is 2.28. The topological polar surface area (TPSA) is 142 Å². The Balaban J connectivity index is 0.00000323. The summed E-state index contributed by atoms with van der Waals surface area (Å²) in [6.07, 6.45) is 8.00. The van der Waals surface area contributed by atoms with Crippen molar-refractivity contribution in [3.8, 4) is 5.69 Å². The molecule has 0 bridgehead atoms. The number of carbonyl (C=O) groups is 1. The number of anilines is 1. The summed E-state index contributed by atoms with van der Waals surface area (Å²) in [7, 11) is -1.38. The molecule has 3 N–H and O–H groups in total. The highest BCUT2D eigenvalue weighted by molar-refractivity contribution is 7.82. The number of aromatic nitrogens is 6. The summed E-state index contributed by atoms with van der Waals surface area (Å²) in [6.45, 7) is 3.26. The predicted molar refractivity (Wildman–Crippen MR) is 152 cm³/mol. The van der Waals surface area contributed by atoms with Crippen molar-refractivity contribution in [2.75, 3.05) is 18.4 Å². The van der Waals surface area contributed by atoms with Crippen molar-refractivity contribution in [2.45, 2.75) is 30.6 Å². The Hall–Kier alpha value is -3.97. The number of hydrogen-bond acceptors (Lipinski definition) is 6. The van der Waals surface area contributed by atoms with Crippen LogP contribution in [0.4, 0.5) is 5.82 Å². The fraction of sp³-hybridized carbons (Fsp3) is 0.222. The maximum absolute atomic E-state index is 13.3. The fourth-order valence-corrected chi connectivity index (χ4v) is 6.23. The minimum Gasteiger partial charge on any atom is -0.412 e. The van der Waals surface area contributed by atoms with Crippen LogP contribution in [0.3, 0.4) is 0 Å². The molecule has 11 nitrogen and oxygen atoms in total. The van der Waals surface area contributed by atoms with Crippen LogP contribution < -0.4 is 5.32 Å². The average molecular weight is 579 g/mol. The normalized spacial score (nSPS) is 15.1. The third-order valence-corrected chi connectivity index (χ3v) is 8.75. The van der Waals surface area contributed by atoms with Crippen LogP contribution in [-0.2, 0) is 11.0 Å². The molecule has 1 aromatic carbocycles. The minimum absolute atomic E-state index is 0. The van der Waals surface area contributed by atoms with Crippen LogP contribution in [0.5, 0.6) is 0 Å². The van der Waals surface area contributed by atoms with E-state index in [4.69, 9.17) is 16.7 Å². The number of halogens is 1. The van der Waals surface area contributed by atoms with E-state index in [1.807, 2.05) is 41.6 Å². The molecule has 206 valence electrons. The molecule has 1 unspecified atom stereocenters. The quantitative estimate of drug-likeness (QED) is 0.305. The van der Waals surface area contributed by atoms with Crippen LogP contribution in [0.15, 0.2) is 78.2 Å². The van der Waals surface area contributed by atoms with E-state index in [-0.39, 0.29) is 22.5 Å². The fourth-order valence-electron chi connectivity index (χ4n) is 4.70. The van der Waals surface area contributed by atoms with Gasteiger partial charge in [-0.05, 0) is 50.1 Å². The number of nitrogens with zero attached hydrogens (tertiary/aromatic N) is 7.